The van der Waals surface area contributed by atoms with Crippen molar-refractivity contribution in [2.75, 3.05) is 20.2 Å². The van der Waals surface area contributed by atoms with Crippen LogP contribution in [-0.4, -0.2) is 48.0 Å². The van der Waals surface area contributed by atoms with Crippen LogP contribution in [0, 0.1) is 11.8 Å². The summed E-state index contributed by atoms with van der Waals surface area (Å²) >= 11 is 0. The van der Waals surface area contributed by atoms with Crippen molar-refractivity contribution in [1.29, 1.82) is 0 Å². The number of ether oxygens (including phenoxy) is 1. The summed E-state index contributed by atoms with van der Waals surface area (Å²) in [4.78, 5) is 18.1. The molecule has 8 heteroatoms. The average molecular weight is 430 g/mol. The number of aromatic nitrogens is 1. The lowest BCUT2D eigenvalue weighted by molar-refractivity contribution is -0.178. The minimum atomic E-state index is -2.50. The topological polar surface area (TPSA) is 68.5 Å². The lowest BCUT2D eigenvalue weighted by atomic mass is 9.62. The van der Waals surface area contributed by atoms with E-state index in [1.54, 1.807) is 19.4 Å². The number of nitrogens with zero attached hydrogens (tertiary/aromatic N) is 2. The van der Waals surface area contributed by atoms with Crippen LogP contribution in [0.5, 0.6) is 0 Å². The van der Waals surface area contributed by atoms with Crippen LogP contribution in [0.3, 0.4) is 0 Å². The van der Waals surface area contributed by atoms with Gasteiger partial charge in [0.05, 0.1) is 0 Å². The third-order valence-corrected chi connectivity index (χ3v) is 7.23. The number of primary amides is 1. The molecule has 2 saturated carbocycles. The molecule has 2 atom stereocenters. The van der Waals surface area contributed by atoms with Crippen LogP contribution in [0.1, 0.15) is 61.0 Å². The zero-order valence-electron chi connectivity index (χ0n) is 16.8. The Morgan fingerprint density at radius 3 is 2.38 bits per heavy atom. The zero-order valence-corrected chi connectivity index (χ0v) is 17.6. The van der Waals surface area contributed by atoms with E-state index in [0.29, 0.717) is 12.8 Å². The second kappa shape index (κ2) is 8.44. The number of halogens is 3. The van der Waals surface area contributed by atoms with E-state index in [1.807, 2.05) is 6.07 Å². The Bertz CT molecular complexity index is 724. The van der Waals surface area contributed by atoms with Crippen molar-refractivity contribution in [3.8, 4) is 0 Å². The Balaban J connectivity index is 0.00000240. The Kier molecular flexibility index (Phi) is 6.51. The van der Waals surface area contributed by atoms with Crippen LogP contribution in [-0.2, 0) is 10.3 Å². The van der Waals surface area contributed by atoms with Crippen molar-refractivity contribution in [3.63, 3.8) is 0 Å². The monoisotopic (exact) mass is 429 g/mol. The molecular formula is C21H30ClF2N3O2. The molecule has 1 amide bonds. The number of piperidine rings is 1. The van der Waals surface area contributed by atoms with Gasteiger partial charge in [0.1, 0.15) is 11.3 Å². The van der Waals surface area contributed by atoms with Crippen LogP contribution < -0.4 is 5.73 Å². The molecule has 1 aromatic rings. The molecule has 1 aromatic heterocycles. The molecule has 1 aliphatic heterocycles. The lowest BCUT2D eigenvalue weighted by Gasteiger charge is -2.57. The van der Waals surface area contributed by atoms with Crippen LogP contribution in [0.2, 0.25) is 0 Å². The fraction of sp³-hybridized carbons (Fsp3) is 0.714. The minimum Gasteiger partial charge on any atom is -0.373 e. The molecule has 2 N–H and O–H groups in total. The Morgan fingerprint density at radius 2 is 1.83 bits per heavy atom. The van der Waals surface area contributed by atoms with Gasteiger partial charge in [0.25, 0.3) is 5.91 Å². The number of fused-ring (bicyclic) bond motifs is 2. The number of likely N-dealkylation sites (tertiary alicyclic amines) is 1. The van der Waals surface area contributed by atoms with Gasteiger partial charge in [-0.15, -0.1) is 12.4 Å². The largest absolute Gasteiger partial charge is 0.373 e. The summed E-state index contributed by atoms with van der Waals surface area (Å²) in [5.74, 6) is -2.52. The molecule has 3 aliphatic rings. The van der Waals surface area contributed by atoms with Crippen LogP contribution >= 0.6 is 12.4 Å². The number of alkyl halides is 2. The minimum absolute atomic E-state index is 0. The second-order valence-electron chi connectivity index (χ2n) is 8.66. The van der Waals surface area contributed by atoms with Gasteiger partial charge in [-0.25, -0.2) is 8.78 Å². The molecule has 29 heavy (non-hydrogen) atoms. The molecule has 162 valence electrons. The van der Waals surface area contributed by atoms with Gasteiger partial charge in [-0.3, -0.25) is 14.7 Å². The summed E-state index contributed by atoms with van der Waals surface area (Å²) in [5, 5.41) is 0. The smallest absolute Gasteiger partial charge is 0.267 e. The molecular weight excluding hydrogens is 400 g/mol. The number of hydrogen-bond donors (Lipinski definition) is 1. The quantitative estimate of drug-likeness (QED) is 0.791. The summed E-state index contributed by atoms with van der Waals surface area (Å²) in [5.41, 5.74) is 6.19. The molecule has 1 saturated heterocycles. The van der Waals surface area contributed by atoms with Gasteiger partial charge < -0.3 is 10.5 Å². The van der Waals surface area contributed by atoms with Crippen LogP contribution in [0.15, 0.2) is 18.3 Å². The van der Waals surface area contributed by atoms with E-state index in [1.165, 1.54) is 0 Å². The van der Waals surface area contributed by atoms with Crippen molar-refractivity contribution in [1.82, 2.24) is 9.88 Å². The zero-order chi connectivity index (χ0) is 19.9. The third-order valence-electron chi connectivity index (χ3n) is 7.23. The van der Waals surface area contributed by atoms with E-state index < -0.39 is 17.4 Å². The SMILES string of the molecule is COC1(c2ccnc(C(N)=O)c2)C2CCCC1CN(C1CCC(F)(F)CC1)C2.Cl. The highest BCUT2D eigenvalue weighted by Crippen LogP contribution is 2.52. The molecule has 2 bridgehead atoms. The molecule has 0 radical (unpaired) electrons. The highest BCUT2D eigenvalue weighted by atomic mass is 35.5. The van der Waals surface area contributed by atoms with Gasteiger partial charge in [-0.1, -0.05) is 6.42 Å². The second-order valence-corrected chi connectivity index (χ2v) is 8.66. The third kappa shape index (κ3) is 4.01. The summed E-state index contributed by atoms with van der Waals surface area (Å²) in [6.45, 7) is 1.68. The summed E-state index contributed by atoms with van der Waals surface area (Å²) in [6, 6.07) is 3.93. The first-order chi connectivity index (χ1) is 13.4. The van der Waals surface area contributed by atoms with Crippen molar-refractivity contribution in [2.45, 2.75) is 62.5 Å². The lowest BCUT2D eigenvalue weighted by Crippen LogP contribution is -2.61. The Hall–Kier alpha value is -1.31. The molecule has 5 nitrogen and oxygen atoms in total. The average Bonchev–Trinajstić information content (AvgIpc) is 2.67. The fourth-order valence-electron chi connectivity index (χ4n) is 5.89. The maximum absolute atomic E-state index is 13.6. The molecule has 0 aromatic carbocycles. The van der Waals surface area contributed by atoms with Crippen LogP contribution in [0.25, 0.3) is 0 Å². The van der Waals surface area contributed by atoms with Gasteiger partial charge in [0.2, 0.25) is 5.92 Å². The number of methoxy groups -OCH3 is 1. The number of nitrogens with two attached hydrogens (primary N) is 1. The molecule has 3 fully saturated rings. The van der Waals surface area contributed by atoms with Crippen molar-refractivity contribution in [3.05, 3.63) is 29.6 Å². The molecule has 2 aliphatic carbocycles. The molecule has 4 rings (SSSR count). The Morgan fingerprint density at radius 1 is 1.21 bits per heavy atom. The summed E-state index contributed by atoms with van der Waals surface area (Å²) in [6.07, 6.45) is 5.93. The van der Waals surface area contributed by atoms with Crippen molar-refractivity contribution >= 4 is 18.3 Å². The first-order valence-electron chi connectivity index (χ1n) is 10.3. The van der Waals surface area contributed by atoms with E-state index >= 15 is 0 Å². The van der Waals surface area contributed by atoms with Crippen LogP contribution in [0.4, 0.5) is 8.78 Å². The standard InChI is InChI=1S/C21H29F2N3O2.ClH/c1-28-21(14-7-10-25-18(11-14)19(24)27)15-3-2-4-16(21)13-26(12-15)17-5-8-20(22,23)9-6-17;/h7,10-11,15-17H,2-6,8-9,12-13H2,1H3,(H2,24,27);1H. The van der Waals surface area contributed by atoms with E-state index in [0.717, 1.165) is 37.9 Å². The number of pyridine rings is 1. The van der Waals surface area contributed by atoms with Crippen molar-refractivity contribution < 1.29 is 18.3 Å². The Labute approximate surface area is 176 Å². The first kappa shape index (κ1) is 22.4. The van der Waals surface area contributed by atoms with E-state index in [4.69, 9.17) is 10.5 Å². The maximum atomic E-state index is 13.6. The van der Waals surface area contributed by atoms with E-state index in [9.17, 15) is 13.6 Å². The van der Waals surface area contributed by atoms with Gasteiger partial charge in [-0.2, -0.15) is 0 Å². The summed E-state index contributed by atoms with van der Waals surface area (Å²) in [7, 11) is 1.74. The van der Waals surface area contributed by atoms with Gasteiger partial charge in [0.15, 0.2) is 0 Å². The normalized spacial score (nSPS) is 32.4. The van der Waals surface area contributed by atoms with E-state index in [2.05, 4.69) is 9.88 Å². The molecule has 0 spiro atoms. The number of hydrogen-bond acceptors (Lipinski definition) is 4. The number of carbonyl (C=O) groups is 1. The molecule has 2 unspecified atom stereocenters. The maximum Gasteiger partial charge on any atom is 0.267 e. The highest BCUT2D eigenvalue weighted by molar-refractivity contribution is 5.90. The highest BCUT2D eigenvalue weighted by Gasteiger charge is 2.54. The summed E-state index contributed by atoms with van der Waals surface area (Å²) < 4.78 is 33.4. The van der Waals surface area contributed by atoms with Crippen molar-refractivity contribution in [2.24, 2.45) is 17.6 Å². The number of rotatable bonds is 4. The predicted molar refractivity (Wildman–Crippen MR) is 108 cm³/mol. The van der Waals surface area contributed by atoms with Gasteiger partial charge >= 0.3 is 0 Å². The predicted octanol–water partition coefficient (Wildman–Crippen LogP) is 3.75. The van der Waals surface area contributed by atoms with Gasteiger partial charge in [-0.05, 0) is 43.4 Å². The number of amides is 1. The van der Waals surface area contributed by atoms with Gasteiger partial charge in [0, 0.05) is 57.1 Å². The molecule has 2 heterocycles. The first-order valence-corrected chi connectivity index (χ1v) is 10.3. The fourth-order valence-corrected chi connectivity index (χ4v) is 5.89. The number of carbonyl (C=O) groups excluding carboxylic acids is 1. The van der Waals surface area contributed by atoms with E-state index in [-0.39, 0.29) is 48.8 Å².